The zero-order chi connectivity index (χ0) is 11.1. The van der Waals surface area contributed by atoms with Gasteiger partial charge in [-0.05, 0) is 25.2 Å². The molecule has 0 aromatic heterocycles. The van der Waals surface area contributed by atoms with E-state index in [2.05, 4.69) is 13.8 Å². The average molecular weight is 212 g/mol. The summed E-state index contributed by atoms with van der Waals surface area (Å²) < 4.78 is 0. The molecule has 0 unspecified atom stereocenters. The zero-order valence-electron chi connectivity index (χ0n) is 10.6. The highest BCUT2D eigenvalue weighted by Gasteiger charge is 2.38. The highest BCUT2D eigenvalue weighted by molar-refractivity contribution is 4.91. The van der Waals surface area contributed by atoms with E-state index < -0.39 is 0 Å². The third-order valence-electron chi connectivity index (χ3n) is 3.70. The molecule has 0 aliphatic heterocycles. The van der Waals surface area contributed by atoms with Crippen molar-refractivity contribution in [3.8, 4) is 0 Å². The molecule has 1 N–H and O–H groups in total. The number of aliphatic hydroxyl groups is 1. The highest BCUT2D eigenvalue weighted by Crippen LogP contribution is 2.40. The van der Waals surface area contributed by atoms with E-state index in [0.29, 0.717) is 0 Å². The first-order valence-electron chi connectivity index (χ1n) is 6.89. The van der Waals surface area contributed by atoms with Crippen LogP contribution in [0.3, 0.4) is 0 Å². The lowest BCUT2D eigenvalue weighted by Crippen LogP contribution is -2.42. The Morgan fingerprint density at radius 3 is 2.07 bits per heavy atom. The molecular formula is C14H28O. The van der Waals surface area contributed by atoms with Crippen LogP contribution in [0.5, 0.6) is 0 Å². The smallest absolute Gasteiger partial charge is 0.0653 e. The standard InChI is InChI=1S/C14H28O/c1-3-4-5-6-7-8-9-10-14(15)11-13(2)12-14/h13,15H,3-12H2,1-2H3. The van der Waals surface area contributed by atoms with Crippen LogP contribution in [0.1, 0.15) is 78.1 Å². The van der Waals surface area contributed by atoms with Crippen LogP contribution < -0.4 is 0 Å². The molecule has 0 aromatic rings. The summed E-state index contributed by atoms with van der Waals surface area (Å²) in [6.45, 7) is 4.49. The Labute approximate surface area is 95.3 Å². The number of rotatable bonds is 8. The summed E-state index contributed by atoms with van der Waals surface area (Å²) >= 11 is 0. The maximum Gasteiger partial charge on any atom is 0.0653 e. The van der Waals surface area contributed by atoms with Gasteiger partial charge in [0.2, 0.25) is 0 Å². The van der Waals surface area contributed by atoms with Crippen LogP contribution >= 0.6 is 0 Å². The summed E-state index contributed by atoms with van der Waals surface area (Å²) in [5.41, 5.74) is -0.261. The molecular weight excluding hydrogens is 184 g/mol. The van der Waals surface area contributed by atoms with Crippen LogP contribution in [0.15, 0.2) is 0 Å². The average Bonchev–Trinajstić information content (AvgIpc) is 2.14. The molecule has 0 bridgehead atoms. The zero-order valence-corrected chi connectivity index (χ0v) is 10.6. The van der Waals surface area contributed by atoms with E-state index in [1.165, 1.54) is 44.9 Å². The second kappa shape index (κ2) is 6.52. The van der Waals surface area contributed by atoms with Crippen LogP contribution in [0.4, 0.5) is 0 Å². The summed E-state index contributed by atoms with van der Waals surface area (Å²) in [6.07, 6.45) is 12.6. The summed E-state index contributed by atoms with van der Waals surface area (Å²) in [4.78, 5) is 0. The SMILES string of the molecule is CCCCCCCCCC1(O)CC(C)C1. The van der Waals surface area contributed by atoms with Gasteiger partial charge in [0.05, 0.1) is 5.60 Å². The van der Waals surface area contributed by atoms with E-state index >= 15 is 0 Å². The summed E-state index contributed by atoms with van der Waals surface area (Å²) in [6, 6.07) is 0. The second-order valence-electron chi connectivity index (χ2n) is 5.61. The molecule has 1 aliphatic rings. The maximum absolute atomic E-state index is 10.0. The molecule has 0 radical (unpaired) electrons. The molecule has 90 valence electrons. The normalized spacial score (nSPS) is 30.2. The predicted molar refractivity (Wildman–Crippen MR) is 66.0 cm³/mol. The third-order valence-corrected chi connectivity index (χ3v) is 3.70. The molecule has 0 aromatic carbocycles. The van der Waals surface area contributed by atoms with E-state index in [9.17, 15) is 5.11 Å². The molecule has 1 nitrogen and oxygen atoms in total. The predicted octanol–water partition coefficient (Wildman–Crippen LogP) is 4.29. The first kappa shape index (κ1) is 13.0. The molecule has 1 aliphatic carbocycles. The van der Waals surface area contributed by atoms with Crippen LogP contribution in [-0.4, -0.2) is 10.7 Å². The van der Waals surface area contributed by atoms with Crippen molar-refractivity contribution in [1.29, 1.82) is 0 Å². The number of hydrogen-bond donors (Lipinski definition) is 1. The fraction of sp³-hybridized carbons (Fsp3) is 1.00. The van der Waals surface area contributed by atoms with Crippen molar-refractivity contribution < 1.29 is 5.11 Å². The second-order valence-corrected chi connectivity index (χ2v) is 5.61. The molecule has 0 spiro atoms. The van der Waals surface area contributed by atoms with Gasteiger partial charge in [-0.1, -0.05) is 58.8 Å². The molecule has 0 heterocycles. The van der Waals surface area contributed by atoms with Gasteiger partial charge in [0.15, 0.2) is 0 Å². The minimum absolute atomic E-state index is 0.261. The molecule has 1 fully saturated rings. The van der Waals surface area contributed by atoms with E-state index in [1.54, 1.807) is 0 Å². The van der Waals surface area contributed by atoms with Crippen LogP contribution in [-0.2, 0) is 0 Å². The first-order valence-corrected chi connectivity index (χ1v) is 6.89. The van der Waals surface area contributed by atoms with E-state index in [4.69, 9.17) is 0 Å². The van der Waals surface area contributed by atoms with Gasteiger partial charge < -0.3 is 5.11 Å². The fourth-order valence-electron chi connectivity index (χ4n) is 2.85. The van der Waals surface area contributed by atoms with E-state index in [0.717, 1.165) is 25.2 Å². The fourth-order valence-corrected chi connectivity index (χ4v) is 2.85. The summed E-state index contributed by atoms with van der Waals surface area (Å²) in [5, 5.41) is 10.0. The van der Waals surface area contributed by atoms with Gasteiger partial charge in [-0.2, -0.15) is 0 Å². The van der Waals surface area contributed by atoms with Gasteiger partial charge in [0, 0.05) is 0 Å². The third kappa shape index (κ3) is 5.01. The number of unbranched alkanes of at least 4 members (excludes halogenated alkanes) is 6. The van der Waals surface area contributed by atoms with E-state index in [-0.39, 0.29) is 5.60 Å². The Kier molecular flexibility index (Phi) is 5.66. The van der Waals surface area contributed by atoms with Crippen molar-refractivity contribution in [1.82, 2.24) is 0 Å². The Hall–Kier alpha value is -0.0400. The summed E-state index contributed by atoms with van der Waals surface area (Å²) in [5.74, 6) is 0.763. The minimum Gasteiger partial charge on any atom is -0.390 e. The molecule has 1 saturated carbocycles. The monoisotopic (exact) mass is 212 g/mol. The van der Waals surface area contributed by atoms with Crippen molar-refractivity contribution in [3.05, 3.63) is 0 Å². The molecule has 0 saturated heterocycles. The van der Waals surface area contributed by atoms with Crippen LogP contribution in [0, 0.1) is 5.92 Å². The minimum atomic E-state index is -0.261. The van der Waals surface area contributed by atoms with Crippen LogP contribution in [0.25, 0.3) is 0 Å². The molecule has 1 heteroatoms. The molecule has 15 heavy (non-hydrogen) atoms. The Balaban J connectivity index is 1.85. The van der Waals surface area contributed by atoms with E-state index in [1.807, 2.05) is 0 Å². The van der Waals surface area contributed by atoms with Gasteiger partial charge in [-0.3, -0.25) is 0 Å². The van der Waals surface area contributed by atoms with Crippen LogP contribution in [0.2, 0.25) is 0 Å². The van der Waals surface area contributed by atoms with Gasteiger partial charge in [0.25, 0.3) is 0 Å². The van der Waals surface area contributed by atoms with Crippen molar-refractivity contribution in [2.24, 2.45) is 5.92 Å². The Morgan fingerprint density at radius 1 is 1.00 bits per heavy atom. The Bertz CT molecular complexity index is 159. The molecule has 0 atom stereocenters. The van der Waals surface area contributed by atoms with Crippen molar-refractivity contribution in [2.45, 2.75) is 83.7 Å². The first-order chi connectivity index (χ1) is 7.16. The lowest BCUT2D eigenvalue weighted by Gasteiger charge is -2.42. The lowest BCUT2D eigenvalue weighted by molar-refractivity contribution is -0.0750. The summed E-state index contributed by atoms with van der Waals surface area (Å²) in [7, 11) is 0. The van der Waals surface area contributed by atoms with Crippen molar-refractivity contribution in [2.75, 3.05) is 0 Å². The quantitative estimate of drug-likeness (QED) is 0.595. The number of hydrogen-bond acceptors (Lipinski definition) is 1. The Morgan fingerprint density at radius 2 is 1.53 bits per heavy atom. The largest absolute Gasteiger partial charge is 0.390 e. The van der Waals surface area contributed by atoms with Crippen molar-refractivity contribution in [3.63, 3.8) is 0 Å². The highest BCUT2D eigenvalue weighted by atomic mass is 16.3. The van der Waals surface area contributed by atoms with Gasteiger partial charge in [-0.25, -0.2) is 0 Å². The molecule has 1 rings (SSSR count). The topological polar surface area (TPSA) is 20.2 Å². The van der Waals surface area contributed by atoms with Gasteiger partial charge in [-0.15, -0.1) is 0 Å². The molecule has 0 amide bonds. The lowest BCUT2D eigenvalue weighted by atomic mass is 9.69. The van der Waals surface area contributed by atoms with Gasteiger partial charge in [0.1, 0.15) is 0 Å². The van der Waals surface area contributed by atoms with Gasteiger partial charge >= 0.3 is 0 Å². The van der Waals surface area contributed by atoms with Crippen molar-refractivity contribution >= 4 is 0 Å². The maximum atomic E-state index is 10.0.